The molecule has 0 bridgehead atoms. The van der Waals surface area contributed by atoms with E-state index in [0.29, 0.717) is 6.42 Å². The van der Waals surface area contributed by atoms with Crippen LogP contribution in [0.3, 0.4) is 0 Å². The summed E-state index contributed by atoms with van der Waals surface area (Å²) in [5, 5.41) is 5.31. The number of nitrogens with zero attached hydrogens (tertiary/aromatic N) is 2. The van der Waals surface area contributed by atoms with Crippen molar-refractivity contribution in [2.24, 2.45) is 7.05 Å². The van der Waals surface area contributed by atoms with Crippen LogP contribution in [0.4, 0.5) is 0 Å². The third-order valence-corrected chi connectivity index (χ3v) is 2.91. The molecule has 1 aromatic carbocycles. The molecule has 0 radical (unpaired) electrons. The molecular formula is C11H11BrN2O. The summed E-state index contributed by atoms with van der Waals surface area (Å²) in [6, 6.07) is 5.97. The van der Waals surface area contributed by atoms with Crippen molar-refractivity contribution in [3.05, 3.63) is 28.4 Å². The van der Waals surface area contributed by atoms with E-state index >= 15 is 0 Å². The molecule has 0 saturated carbocycles. The summed E-state index contributed by atoms with van der Waals surface area (Å²) < 4.78 is 2.64. The van der Waals surface area contributed by atoms with Crippen molar-refractivity contribution in [2.75, 3.05) is 0 Å². The second-order valence-corrected chi connectivity index (χ2v) is 4.40. The van der Waals surface area contributed by atoms with Gasteiger partial charge >= 0.3 is 0 Å². The van der Waals surface area contributed by atoms with Gasteiger partial charge in [-0.25, -0.2) is 0 Å². The van der Waals surface area contributed by atoms with E-state index in [1.165, 1.54) is 0 Å². The van der Waals surface area contributed by atoms with Crippen molar-refractivity contribution in [1.29, 1.82) is 0 Å². The molecule has 2 rings (SSSR count). The molecule has 15 heavy (non-hydrogen) atoms. The summed E-state index contributed by atoms with van der Waals surface area (Å²) in [7, 11) is 1.90. The van der Waals surface area contributed by atoms with Gasteiger partial charge in [-0.2, -0.15) is 5.10 Å². The Hall–Kier alpha value is -1.16. The molecule has 3 nitrogen and oxygen atoms in total. The fourth-order valence-corrected chi connectivity index (χ4v) is 2.22. The average Bonchev–Trinajstić information content (AvgIpc) is 2.41. The number of benzene rings is 1. The van der Waals surface area contributed by atoms with E-state index in [4.69, 9.17) is 0 Å². The van der Waals surface area contributed by atoms with Crippen LogP contribution in [0.25, 0.3) is 10.9 Å². The number of Topliss-reactive ketones (excluding diaryl/α,β-unsaturated/α-hetero) is 1. The highest BCUT2D eigenvalue weighted by molar-refractivity contribution is 9.10. The summed E-state index contributed by atoms with van der Waals surface area (Å²) >= 11 is 3.40. The second kappa shape index (κ2) is 3.77. The molecule has 0 aliphatic carbocycles. The van der Waals surface area contributed by atoms with Gasteiger partial charge in [-0.15, -0.1) is 0 Å². The van der Waals surface area contributed by atoms with E-state index in [9.17, 15) is 4.79 Å². The Bertz CT molecular complexity index is 531. The highest BCUT2D eigenvalue weighted by Crippen LogP contribution is 2.23. The largest absolute Gasteiger partial charge is 0.300 e. The van der Waals surface area contributed by atoms with Crippen LogP contribution in [0.1, 0.15) is 12.5 Å². The summed E-state index contributed by atoms with van der Waals surface area (Å²) in [5.41, 5.74) is 2.10. The number of hydrogen-bond donors (Lipinski definition) is 0. The zero-order chi connectivity index (χ0) is 11.0. The molecular weight excluding hydrogens is 256 g/mol. The van der Waals surface area contributed by atoms with Crippen molar-refractivity contribution < 1.29 is 4.79 Å². The summed E-state index contributed by atoms with van der Waals surface area (Å²) in [5.74, 6) is 0.175. The van der Waals surface area contributed by atoms with Crippen molar-refractivity contribution in [3.63, 3.8) is 0 Å². The molecule has 0 aliphatic rings. The third kappa shape index (κ3) is 1.95. The van der Waals surface area contributed by atoms with E-state index in [1.54, 1.807) is 6.92 Å². The van der Waals surface area contributed by atoms with E-state index in [-0.39, 0.29) is 5.78 Å². The molecule has 78 valence electrons. The lowest BCUT2D eigenvalue weighted by molar-refractivity contribution is -0.116. The van der Waals surface area contributed by atoms with Gasteiger partial charge in [0.2, 0.25) is 0 Å². The van der Waals surface area contributed by atoms with Crippen molar-refractivity contribution in [3.8, 4) is 0 Å². The van der Waals surface area contributed by atoms with Gasteiger partial charge in [-0.3, -0.25) is 9.48 Å². The summed E-state index contributed by atoms with van der Waals surface area (Å²) in [4.78, 5) is 11.0. The van der Waals surface area contributed by atoms with Gasteiger partial charge in [0.1, 0.15) is 10.4 Å². The lowest BCUT2D eigenvalue weighted by Crippen LogP contribution is -1.96. The number of aromatic nitrogens is 2. The van der Waals surface area contributed by atoms with Gasteiger partial charge in [0.25, 0.3) is 0 Å². The Morgan fingerprint density at radius 2 is 2.27 bits per heavy atom. The highest BCUT2D eigenvalue weighted by atomic mass is 79.9. The monoisotopic (exact) mass is 266 g/mol. The molecule has 0 aliphatic heterocycles. The number of rotatable bonds is 2. The maximum atomic E-state index is 11.0. The van der Waals surface area contributed by atoms with Crippen LogP contribution in [-0.4, -0.2) is 15.6 Å². The molecule has 2 aromatic rings. The fourth-order valence-electron chi connectivity index (χ4n) is 1.67. The van der Waals surface area contributed by atoms with Gasteiger partial charge in [-0.05, 0) is 40.5 Å². The quantitative estimate of drug-likeness (QED) is 0.837. The van der Waals surface area contributed by atoms with Gasteiger partial charge in [0, 0.05) is 18.9 Å². The van der Waals surface area contributed by atoms with Crippen LogP contribution in [0.2, 0.25) is 0 Å². The Labute approximate surface area is 96.2 Å². The number of hydrogen-bond acceptors (Lipinski definition) is 2. The Kier molecular flexibility index (Phi) is 2.61. The Morgan fingerprint density at radius 1 is 1.53 bits per heavy atom. The number of halogens is 1. The van der Waals surface area contributed by atoms with Crippen LogP contribution in [0.5, 0.6) is 0 Å². The lowest BCUT2D eigenvalue weighted by atomic mass is 10.1. The smallest absolute Gasteiger partial charge is 0.135 e. The van der Waals surface area contributed by atoms with Gasteiger partial charge in [0.15, 0.2) is 0 Å². The van der Waals surface area contributed by atoms with Crippen LogP contribution >= 0.6 is 15.9 Å². The second-order valence-electron chi connectivity index (χ2n) is 3.64. The zero-order valence-electron chi connectivity index (χ0n) is 8.62. The van der Waals surface area contributed by atoms with Gasteiger partial charge < -0.3 is 0 Å². The van der Waals surface area contributed by atoms with Crippen LogP contribution in [-0.2, 0) is 18.3 Å². The molecule has 0 saturated heterocycles. The Morgan fingerprint density at radius 3 is 2.93 bits per heavy atom. The first-order valence-corrected chi connectivity index (χ1v) is 5.48. The number of carbonyl (C=O) groups is 1. The highest BCUT2D eigenvalue weighted by Gasteiger charge is 2.07. The SMILES string of the molecule is CC(=O)Cc1ccc2c(c1)c(Br)nn2C. The van der Waals surface area contributed by atoms with Crippen LogP contribution in [0, 0.1) is 0 Å². The predicted octanol–water partition coefficient (Wildman–Crippen LogP) is 2.47. The number of fused-ring (bicyclic) bond motifs is 1. The number of ketones is 1. The van der Waals surface area contributed by atoms with Crippen molar-refractivity contribution in [2.45, 2.75) is 13.3 Å². The first-order valence-electron chi connectivity index (χ1n) is 4.68. The first-order chi connectivity index (χ1) is 7.08. The Balaban J connectivity index is 2.55. The molecule has 0 spiro atoms. The van der Waals surface area contributed by atoms with Crippen molar-refractivity contribution in [1.82, 2.24) is 9.78 Å². The molecule has 1 heterocycles. The van der Waals surface area contributed by atoms with Crippen molar-refractivity contribution >= 4 is 32.6 Å². The molecule has 1 aromatic heterocycles. The standard InChI is InChI=1S/C11H11BrN2O/c1-7(15)5-8-3-4-10-9(6-8)11(12)13-14(10)2/h3-4,6H,5H2,1-2H3. The average molecular weight is 267 g/mol. The minimum Gasteiger partial charge on any atom is -0.300 e. The third-order valence-electron chi connectivity index (χ3n) is 2.32. The van der Waals surface area contributed by atoms with Crippen LogP contribution in [0.15, 0.2) is 22.8 Å². The van der Waals surface area contributed by atoms with Gasteiger partial charge in [0.05, 0.1) is 5.52 Å². The molecule has 0 unspecified atom stereocenters. The molecule has 4 heteroatoms. The van der Waals surface area contributed by atoms with E-state index in [2.05, 4.69) is 21.0 Å². The normalized spacial score (nSPS) is 10.9. The minimum absolute atomic E-state index is 0.175. The van der Waals surface area contributed by atoms with E-state index < -0.39 is 0 Å². The first kappa shape index (κ1) is 10.4. The van der Waals surface area contributed by atoms with E-state index in [1.807, 2.05) is 29.9 Å². The summed E-state index contributed by atoms with van der Waals surface area (Å²) in [6.45, 7) is 1.60. The maximum Gasteiger partial charge on any atom is 0.135 e. The maximum absolute atomic E-state index is 11.0. The molecule has 0 amide bonds. The molecule has 0 atom stereocenters. The fraction of sp³-hybridized carbons (Fsp3) is 0.273. The zero-order valence-corrected chi connectivity index (χ0v) is 10.2. The van der Waals surface area contributed by atoms with Crippen LogP contribution < -0.4 is 0 Å². The lowest BCUT2D eigenvalue weighted by Gasteiger charge is -1.98. The predicted molar refractivity (Wildman–Crippen MR) is 62.8 cm³/mol. The van der Waals surface area contributed by atoms with Gasteiger partial charge in [-0.1, -0.05) is 6.07 Å². The minimum atomic E-state index is 0.175. The van der Waals surface area contributed by atoms with E-state index in [0.717, 1.165) is 21.1 Å². The molecule has 0 N–H and O–H groups in total. The number of aryl methyl sites for hydroxylation is 1. The summed E-state index contributed by atoms with van der Waals surface area (Å²) in [6.07, 6.45) is 0.483. The topological polar surface area (TPSA) is 34.9 Å². The molecule has 0 fully saturated rings. The number of carbonyl (C=O) groups excluding carboxylic acids is 1.